The Morgan fingerprint density at radius 2 is 2.33 bits per heavy atom. The molecule has 0 bridgehead atoms. The van der Waals surface area contributed by atoms with Gasteiger partial charge in [0.2, 0.25) is 0 Å². The van der Waals surface area contributed by atoms with Gasteiger partial charge in [-0.3, -0.25) is 0 Å². The molecule has 1 fully saturated rings. The molecule has 2 heteroatoms. The first-order valence-corrected chi connectivity index (χ1v) is 4.41. The second kappa shape index (κ2) is 2.37. The van der Waals surface area contributed by atoms with Gasteiger partial charge in [-0.25, -0.2) is 0 Å². The van der Waals surface area contributed by atoms with Gasteiger partial charge in [0.15, 0.2) is 0 Å². The molecule has 1 heterocycles. The van der Waals surface area contributed by atoms with E-state index in [4.69, 9.17) is 0 Å². The minimum Gasteiger partial charge on any atom is -0.342 e. The largest absolute Gasteiger partial charge is 0.342 e. The van der Waals surface area contributed by atoms with Gasteiger partial charge < -0.3 is 4.98 Å². The molecule has 0 spiro atoms. The average molecular weight is 101 g/mol. The Hall–Kier alpha value is 0.177. The normalized spacial score (nSPS) is 28.0. The molecule has 0 amide bonds. The lowest BCUT2D eigenvalue weighted by Crippen LogP contribution is -2.24. The molecule has 0 aromatic rings. The van der Waals surface area contributed by atoms with Crippen molar-refractivity contribution in [3.05, 3.63) is 0 Å². The highest BCUT2D eigenvalue weighted by Gasteiger charge is 1.94. The van der Waals surface area contributed by atoms with E-state index in [-0.39, 0.29) is 9.68 Å². The van der Waals surface area contributed by atoms with E-state index >= 15 is 0 Å². The van der Waals surface area contributed by atoms with E-state index in [0.717, 1.165) is 0 Å². The fourth-order valence-corrected chi connectivity index (χ4v) is 2.16. The van der Waals surface area contributed by atoms with E-state index < -0.39 is 0 Å². The first-order chi connectivity index (χ1) is 3.00. The highest BCUT2D eigenvalue weighted by atomic mass is 28.2. The molecule has 0 radical (unpaired) electrons. The van der Waals surface area contributed by atoms with Crippen LogP contribution >= 0.6 is 0 Å². The molecule has 1 rings (SSSR count). The molecule has 6 heavy (non-hydrogen) atoms. The maximum Gasteiger partial charge on any atom is 0.0916 e. The summed E-state index contributed by atoms with van der Waals surface area (Å²) in [5.41, 5.74) is 0. The van der Waals surface area contributed by atoms with Crippen molar-refractivity contribution in [1.82, 2.24) is 4.98 Å². The fourth-order valence-electron chi connectivity index (χ4n) is 0.802. The average Bonchev–Trinajstić information content (AvgIpc) is 1.72. The first-order valence-electron chi connectivity index (χ1n) is 2.71. The van der Waals surface area contributed by atoms with Crippen LogP contribution in [-0.4, -0.2) is 16.2 Å². The van der Waals surface area contributed by atoms with Gasteiger partial charge in [0.25, 0.3) is 0 Å². The van der Waals surface area contributed by atoms with Gasteiger partial charge in [-0.15, -0.1) is 0 Å². The van der Waals surface area contributed by atoms with E-state index in [2.05, 4.69) is 4.98 Å². The molecule has 1 aliphatic rings. The minimum absolute atomic E-state index is 0.258. The summed E-state index contributed by atoms with van der Waals surface area (Å²) >= 11 is 0. The Kier molecular flexibility index (Phi) is 1.71. The topological polar surface area (TPSA) is 12.0 Å². The maximum absolute atomic E-state index is 3.42. The number of hydrogen-bond donors (Lipinski definition) is 1. The van der Waals surface area contributed by atoms with Crippen LogP contribution in [-0.2, 0) is 0 Å². The number of nitrogens with one attached hydrogen (secondary N) is 1. The van der Waals surface area contributed by atoms with E-state index in [1.54, 1.807) is 0 Å². The quantitative estimate of drug-likeness (QED) is 0.419. The predicted octanol–water partition coefficient (Wildman–Crippen LogP) is -0.128. The van der Waals surface area contributed by atoms with Gasteiger partial charge >= 0.3 is 0 Å². The third-order valence-electron chi connectivity index (χ3n) is 1.21. The molecule has 0 aromatic carbocycles. The molecular formula is C4H11NSi. The molecule has 0 aromatic heterocycles. The van der Waals surface area contributed by atoms with Crippen molar-refractivity contribution >= 4 is 9.68 Å². The van der Waals surface area contributed by atoms with Crippen molar-refractivity contribution in [2.45, 2.75) is 18.9 Å². The number of hydrogen-bond acceptors (Lipinski definition) is 1. The zero-order valence-corrected chi connectivity index (χ0v) is 5.45. The fraction of sp³-hybridized carbons (Fsp3) is 1.00. The van der Waals surface area contributed by atoms with Crippen LogP contribution in [0.2, 0.25) is 6.04 Å². The van der Waals surface area contributed by atoms with Crippen LogP contribution in [0.4, 0.5) is 0 Å². The van der Waals surface area contributed by atoms with Crippen LogP contribution < -0.4 is 4.98 Å². The van der Waals surface area contributed by atoms with Gasteiger partial charge in [0, 0.05) is 0 Å². The van der Waals surface area contributed by atoms with E-state index in [9.17, 15) is 0 Å². The molecule has 1 aliphatic heterocycles. The van der Waals surface area contributed by atoms with Crippen molar-refractivity contribution in [2.75, 3.05) is 6.54 Å². The predicted molar refractivity (Wildman–Crippen MR) is 30.6 cm³/mol. The summed E-state index contributed by atoms with van der Waals surface area (Å²) in [4.78, 5) is 3.42. The van der Waals surface area contributed by atoms with Crippen molar-refractivity contribution in [2.24, 2.45) is 0 Å². The summed E-state index contributed by atoms with van der Waals surface area (Å²) in [6.07, 6.45) is 2.92. The van der Waals surface area contributed by atoms with Crippen LogP contribution in [0.25, 0.3) is 0 Å². The molecule has 0 unspecified atom stereocenters. The van der Waals surface area contributed by atoms with Crippen molar-refractivity contribution in [3.63, 3.8) is 0 Å². The summed E-state index contributed by atoms with van der Waals surface area (Å²) in [5, 5.41) is 0. The van der Waals surface area contributed by atoms with Gasteiger partial charge in [-0.2, -0.15) is 0 Å². The Balaban J connectivity index is 2.00. The van der Waals surface area contributed by atoms with E-state index in [1.165, 1.54) is 25.4 Å². The molecule has 0 atom stereocenters. The van der Waals surface area contributed by atoms with E-state index in [1.807, 2.05) is 0 Å². The molecule has 36 valence electrons. The second-order valence-electron chi connectivity index (χ2n) is 1.81. The third kappa shape index (κ3) is 1.10. The van der Waals surface area contributed by atoms with Gasteiger partial charge in [-0.1, -0.05) is 6.42 Å². The van der Waals surface area contributed by atoms with Gasteiger partial charge in [0.05, 0.1) is 9.68 Å². The second-order valence-corrected chi connectivity index (χ2v) is 3.52. The molecule has 0 saturated carbocycles. The summed E-state index contributed by atoms with van der Waals surface area (Å²) < 4.78 is 0. The van der Waals surface area contributed by atoms with Gasteiger partial charge in [0.1, 0.15) is 0 Å². The Morgan fingerprint density at radius 3 is 2.50 bits per heavy atom. The molecule has 1 nitrogen and oxygen atoms in total. The highest BCUT2D eigenvalue weighted by Crippen LogP contribution is 1.96. The summed E-state index contributed by atoms with van der Waals surface area (Å²) in [6, 6.07) is 1.53. The lowest BCUT2D eigenvalue weighted by Gasteiger charge is -2.07. The standard InChI is InChI=1S/C4H11NSi/c1-2-4-6-5-3-1/h5H,1-4,6H2. The molecule has 1 saturated heterocycles. The van der Waals surface area contributed by atoms with Crippen molar-refractivity contribution in [3.8, 4) is 0 Å². The summed E-state index contributed by atoms with van der Waals surface area (Å²) in [7, 11) is 0.258. The Bertz CT molecular complexity index is 23.0. The molecular weight excluding hydrogens is 90.1 g/mol. The smallest absolute Gasteiger partial charge is 0.0916 e. The Morgan fingerprint density at radius 1 is 1.33 bits per heavy atom. The minimum atomic E-state index is 0.258. The van der Waals surface area contributed by atoms with Crippen molar-refractivity contribution in [1.29, 1.82) is 0 Å². The van der Waals surface area contributed by atoms with Crippen LogP contribution in [0.3, 0.4) is 0 Å². The third-order valence-corrected chi connectivity index (χ3v) is 2.77. The zero-order chi connectivity index (χ0) is 4.24. The summed E-state index contributed by atoms with van der Waals surface area (Å²) in [6.45, 7) is 1.31. The van der Waals surface area contributed by atoms with Crippen LogP contribution in [0, 0.1) is 0 Å². The number of rotatable bonds is 0. The van der Waals surface area contributed by atoms with Crippen LogP contribution in [0.1, 0.15) is 12.8 Å². The lowest BCUT2D eigenvalue weighted by molar-refractivity contribution is 0.722. The first kappa shape index (κ1) is 4.34. The van der Waals surface area contributed by atoms with Crippen LogP contribution in [0.5, 0.6) is 0 Å². The summed E-state index contributed by atoms with van der Waals surface area (Å²) in [5.74, 6) is 0. The Labute approximate surface area is 41.0 Å². The van der Waals surface area contributed by atoms with E-state index in [0.29, 0.717) is 0 Å². The molecule has 1 N–H and O–H groups in total. The molecule has 0 aliphatic carbocycles. The maximum atomic E-state index is 3.42. The monoisotopic (exact) mass is 101 g/mol. The van der Waals surface area contributed by atoms with Crippen LogP contribution in [0.15, 0.2) is 0 Å². The van der Waals surface area contributed by atoms with Crippen molar-refractivity contribution < 1.29 is 0 Å². The lowest BCUT2D eigenvalue weighted by atomic mass is 10.3. The highest BCUT2D eigenvalue weighted by molar-refractivity contribution is 6.32. The SMILES string of the molecule is C1CC[SiH2]NC1. The zero-order valence-electron chi connectivity index (χ0n) is 4.04. The van der Waals surface area contributed by atoms with Gasteiger partial charge in [-0.05, 0) is 19.0 Å².